The first-order chi connectivity index (χ1) is 19.3. The lowest BCUT2D eigenvalue weighted by molar-refractivity contribution is -0.136. The minimum atomic E-state index is -4.77. The molecule has 2 aromatic heterocycles. The van der Waals surface area contributed by atoms with Crippen molar-refractivity contribution >= 4 is 23.1 Å². The van der Waals surface area contributed by atoms with Crippen LogP contribution in [0, 0.1) is 5.92 Å². The molecule has 9 nitrogen and oxygen atoms in total. The summed E-state index contributed by atoms with van der Waals surface area (Å²) in [5.41, 5.74) is 4.23. The molecule has 1 aliphatic carbocycles. The van der Waals surface area contributed by atoms with Gasteiger partial charge in [-0.3, -0.25) is 9.59 Å². The monoisotopic (exact) mass is 584 g/mol. The van der Waals surface area contributed by atoms with Gasteiger partial charge in [0.25, 0.3) is 5.91 Å². The van der Waals surface area contributed by atoms with Crippen LogP contribution in [0.4, 0.5) is 32.2 Å². The number of nitrogens with two attached hydrogens (primary N) is 1. The molecule has 15 heteroatoms. The van der Waals surface area contributed by atoms with Crippen molar-refractivity contribution in [3.63, 3.8) is 0 Å². The molecular formula is C26H26F6N6O3. The number of rotatable bonds is 6. The average Bonchev–Trinajstić information content (AvgIpc) is 3.59. The molecule has 0 radical (unpaired) electrons. The number of alkyl halides is 6. The lowest BCUT2D eigenvalue weighted by Gasteiger charge is -2.20. The number of carbonyl (C=O) groups is 2. The summed E-state index contributed by atoms with van der Waals surface area (Å²) in [6, 6.07) is 3.81. The maximum atomic E-state index is 14.9. The third kappa shape index (κ3) is 5.48. The Morgan fingerprint density at radius 3 is 2.63 bits per heavy atom. The molecule has 1 unspecified atom stereocenters. The predicted molar refractivity (Wildman–Crippen MR) is 134 cm³/mol. The Morgan fingerprint density at radius 1 is 1.22 bits per heavy atom. The first-order valence-electron chi connectivity index (χ1n) is 12.9. The van der Waals surface area contributed by atoms with Crippen LogP contribution in [0.15, 0.2) is 30.6 Å². The van der Waals surface area contributed by atoms with Crippen LogP contribution in [-0.2, 0) is 11.0 Å². The van der Waals surface area contributed by atoms with E-state index in [9.17, 15) is 35.9 Å². The smallest absolute Gasteiger partial charge is 0.418 e. The molecule has 3 aromatic rings. The highest BCUT2D eigenvalue weighted by atomic mass is 19.4. The van der Waals surface area contributed by atoms with E-state index in [4.69, 9.17) is 10.5 Å². The van der Waals surface area contributed by atoms with Crippen molar-refractivity contribution in [3.05, 3.63) is 41.7 Å². The number of nitrogen functional groups attached to an aromatic ring is 1. The highest BCUT2D eigenvalue weighted by Gasteiger charge is 2.46. The standard InChI is InChI=1S/C26H26F6N6O3/c1-2-41-20-4-3-13(19-8-16(26(30,31)32)21-22(33)34-12-35-38(19)21)7-15(20)23(39)36-18-11-37(10-17(18)27)24(40)14-5-6-25(28,29)9-14/h3-4,7-8,12,14,17-18H,2,5-6,9-11H2,1H3,(H,36,39)(H2,33,34,35)/t14?,17-,18+/m0/s1. The van der Waals surface area contributed by atoms with Crippen LogP contribution in [-0.4, -0.2) is 69.1 Å². The number of benzene rings is 1. The maximum absolute atomic E-state index is 14.9. The van der Waals surface area contributed by atoms with Gasteiger partial charge in [0.05, 0.1) is 36.0 Å². The Morgan fingerprint density at radius 2 is 1.98 bits per heavy atom. The van der Waals surface area contributed by atoms with Crippen LogP contribution in [0.5, 0.6) is 5.75 Å². The second kappa shape index (κ2) is 10.4. The largest absolute Gasteiger partial charge is 0.493 e. The van der Waals surface area contributed by atoms with Crippen LogP contribution in [0.1, 0.15) is 42.1 Å². The fourth-order valence-electron chi connectivity index (χ4n) is 5.38. The molecule has 2 amide bonds. The Hall–Kier alpha value is -4.04. The van der Waals surface area contributed by atoms with Crippen molar-refractivity contribution in [2.45, 2.75) is 50.5 Å². The van der Waals surface area contributed by atoms with E-state index >= 15 is 0 Å². The Kier molecular flexibility index (Phi) is 7.24. The van der Waals surface area contributed by atoms with Crippen LogP contribution >= 0.6 is 0 Å². The second-order valence-electron chi connectivity index (χ2n) is 10.1. The van der Waals surface area contributed by atoms with Crippen LogP contribution in [0.3, 0.4) is 0 Å². The van der Waals surface area contributed by atoms with E-state index in [0.717, 1.165) is 21.8 Å². The average molecular weight is 585 g/mol. The highest BCUT2D eigenvalue weighted by Crippen LogP contribution is 2.41. The number of ether oxygens (including phenoxy) is 1. The molecular weight excluding hydrogens is 558 g/mol. The SMILES string of the molecule is CCOc1ccc(-c2cc(C(F)(F)F)c3c(N)ncnn23)cc1C(=O)N[C@@H]1CN(C(=O)C2CCC(F)(F)C2)C[C@@H]1F. The van der Waals surface area contributed by atoms with E-state index < -0.39 is 71.8 Å². The molecule has 2 aliphatic rings. The number of carbonyl (C=O) groups excluding carboxylic acids is 2. The van der Waals surface area contributed by atoms with Crippen LogP contribution in [0.2, 0.25) is 0 Å². The summed E-state index contributed by atoms with van der Waals surface area (Å²) < 4.78 is 89.9. The maximum Gasteiger partial charge on any atom is 0.418 e. The summed E-state index contributed by atoms with van der Waals surface area (Å²) in [6.07, 6.45) is -6.44. The van der Waals surface area contributed by atoms with Crippen LogP contribution in [0.25, 0.3) is 16.8 Å². The molecule has 0 bridgehead atoms. The van der Waals surface area contributed by atoms with Crippen LogP contribution < -0.4 is 15.8 Å². The number of hydrogen-bond donors (Lipinski definition) is 2. The van der Waals surface area contributed by atoms with Gasteiger partial charge < -0.3 is 20.7 Å². The third-order valence-corrected chi connectivity index (χ3v) is 7.34. The number of fused-ring (bicyclic) bond motifs is 1. The van der Waals surface area contributed by atoms with Gasteiger partial charge in [0.2, 0.25) is 11.8 Å². The number of hydrogen-bond acceptors (Lipinski definition) is 6. The zero-order valence-corrected chi connectivity index (χ0v) is 21.7. The molecule has 220 valence electrons. The van der Waals surface area contributed by atoms with Gasteiger partial charge in [-0.1, -0.05) is 0 Å². The first-order valence-corrected chi connectivity index (χ1v) is 12.9. The summed E-state index contributed by atoms with van der Waals surface area (Å²) in [5.74, 6) is -5.53. The van der Waals surface area contributed by atoms with Gasteiger partial charge in [-0.15, -0.1) is 0 Å². The van der Waals surface area contributed by atoms with Crippen molar-refractivity contribution in [2.75, 3.05) is 25.4 Å². The minimum Gasteiger partial charge on any atom is -0.493 e. The Balaban J connectivity index is 1.42. The number of anilines is 1. The topological polar surface area (TPSA) is 115 Å². The van der Waals surface area contributed by atoms with Crippen molar-refractivity contribution in [3.8, 4) is 17.0 Å². The molecule has 2 fully saturated rings. The van der Waals surface area contributed by atoms with Gasteiger partial charge in [-0.2, -0.15) is 18.3 Å². The molecule has 1 saturated heterocycles. The van der Waals surface area contributed by atoms with Crippen molar-refractivity contribution < 1.29 is 40.7 Å². The predicted octanol–water partition coefficient (Wildman–Crippen LogP) is 4.11. The number of nitrogens with zero attached hydrogens (tertiary/aromatic N) is 4. The number of aromatic nitrogens is 3. The van der Waals surface area contributed by atoms with E-state index in [1.807, 2.05) is 0 Å². The summed E-state index contributed by atoms with van der Waals surface area (Å²) in [6.45, 7) is 1.24. The van der Waals surface area contributed by atoms with Gasteiger partial charge in [0.1, 0.15) is 23.8 Å². The highest BCUT2D eigenvalue weighted by molar-refractivity contribution is 5.98. The molecule has 3 N–H and O–H groups in total. The number of amides is 2. The zero-order chi connectivity index (χ0) is 29.7. The molecule has 0 spiro atoms. The molecule has 3 heterocycles. The van der Waals surface area contributed by atoms with E-state index in [1.54, 1.807) is 6.92 Å². The quantitative estimate of drug-likeness (QED) is 0.422. The fraction of sp³-hybridized carbons (Fsp3) is 0.462. The lowest BCUT2D eigenvalue weighted by atomic mass is 10.1. The normalized spacial score (nSPS) is 22.3. The van der Waals surface area contributed by atoms with Crippen molar-refractivity contribution in [1.29, 1.82) is 0 Å². The summed E-state index contributed by atoms with van der Waals surface area (Å²) in [7, 11) is 0. The first kappa shape index (κ1) is 28.5. The Bertz CT molecular complexity index is 1490. The van der Waals surface area contributed by atoms with E-state index in [2.05, 4.69) is 15.4 Å². The summed E-state index contributed by atoms with van der Waals surface area (Å²) >= 11 is 0. The number of halogens is 6. The van der Waals surface area contributed by atoms with Gasteiger partial charge >= 0.3 is 6.18 Å². The van der Waals surface area contributed by atoms with Gasteiger partial charge in [-0.25, -0.2) is 22.7 Å². The summed E-state index contributed by atoms with van der Waals surface area (Å²) in [5, 5.41) is 6.43. The van der Waals surface area contributed by atoms with E-state index in [1.165, 1.54) is 18.2 Å². The lowest BCUT2D eigenvalue weighted by Crippen LogP contribution is -2.42. The van der Waals surface area contributed by atoms with Crippen molar-refractivity contribution in [2.24, 2.45) is 5.92 Å². The molecule has 1 aliphatic heterocycles. The minimum absolute atomic E-state index is 0.00185. The van der Waals surface area contributed by atoms with Gasteiger partial charge in [0, 0.05) is 30.9 Å². The molecule has 3 atom stereocenters. The summed E-state index contributed by atoms with van der Waals surface area (Å²) in [4.78, 5) is 30.8. The van der Waals surface area contributed by atoms with Gasteiger partial charge in [-0.05, 0) is 37.6 Å². The number of nitrogens with one attached hydrogen (secondary N) is 1. The molecule has 41 heavy (non-hydrogen) atoms. The third-order valence-electron chi connectivity index (χ3n) is 7.34. The molecule has 5 rings (SSSR count). The van der Waals surface area contributed by atoms with Gasteiger partial charge in [0.15, 0.2) is 5.82 Å². The second-order valence-corrected chi connectivity index (χ2v) is 10.1. The zero-order valence-electron chi connectivity index (χ0n) is 21.7. The fourth-order valence-corrected chi connectivity index (χ4v) is 5.38. The van der Waals surface area contributed by atoms with E-state index in [-0.39, 0.29) is 48.7 Å². The molecule has 1 saturated carbocycles. The van der Waals surface area contributed by atoms with Crippen molar-refractivity contribution in [1.82, 2.24) is 24.8 Å². The Labute approximate surface area is 229 Å². The van der Waals surface area contributed by atoms with E-state index in [0.29, 0.717) is 0 Å². The number of likely N-dealkylation sites (tertiary alicyclic amines) is 1. The molecule has 1 aromatic carbocycles.